The molecule has 1 aromatic carbocycles. The Morgan fingerprint density at radius 3 is 2.58 bits per heavy atom. The Morgan fingerprint density at radius 2 is 2.05 bits per heavy atom. The van der Waals surface area contributed by atoms with Crippen LogP contribution in [-0.4, -0.2) is 23.7 Å². The number of nitrogens with one attached hydrogen (secondary N) is 1. The lowest BCUT2D eigenvalue weighted by Crippen LogP contribution is -2.34. The maximum Gasteiger partial charge on any atom is 0.251 e. The molecule has 0 bridgehead atoms. The largest absolute Gasteiger partial charge is 0.391 e. The number of halogens is 1. The SMILES string of the molecule is Cc1cc(C(=O)NCC(O)CC(C)(C)C)ccc1Br. The molecule has 1 rings (SSSR count). The van der Waals surface area contributed by atoms with Crippen molar-refractivity contribution in [3.05, 3.63) is 33.8 Å². The summed E-state index contributed by atoms with van der Waals surface area (Å²) in [6.07, 6.45) is 0.146. The molecule has 0 aliphatic carbocycles. The molecule has 0 aliphatic rings. The van der Waals surface area contributed by atoms with Crippen LogP contribution in [0.25, 0.3) is 0 Å². The first kappa shape index (κ1) is 16.2. The van der Waals surface area contributed by atoms with Crippen molar-refractivity contribution < 1.29 is 9.90 Å². The Bertz CT molecular complexity index is 452. The lowest BCUT2D eigenvalue weighted by Gasteiger charge is -2.22. The highest BCUT2D eigenvalue weighted by Gasteiger charge is 2.17. The fourth-order valence-electron chi connectivity index (χ4n) is 1.88. The molecule has 0 radical (unpaired) electrons. The van der Waals surface area contributed by atoms with E-state index in [2.05, 4.69) is 42.0 Å². The summed E-state index contributed by atoms with van der Waals surface area (Å²) in [7, 11) is 0. The molecule has 1 unspecified atom stereocenters. The van der Waals surface area contributed by atoms with E-state index in [-0.39, 0.29) is 17.9 Å². The van der Waals surface area contributed by atoms with Crippen molar-refractivity contribution in [1.29, 1.82) is 0 Å². The summed E-state index contributed by atoms with van der Waals surface area (Å²) < 4.78 is 0.983. The second-order valence-electron chi connectivity index (χ2n) is 6.09. The summed E-state index contributed by atoms with van der Waals surface area (Å²) in [6.45, 7) is 8.42. The summed E-state index contributed by atoms with van der Waals surface area (Å²) in [6, 6.07) is 5.45. The van der Waals surface area contributed by atoms with Crippen LogP contribution < -0.4 is 5.32 Å². The molecule has 3 nitrogen and oxygen atoms in total. The molecule has 0 aromatic heterocycles. The molecule has 1 atom stereocenters. The van der Waals surface area contributed by atoms with Crippen LogP contribution >= 0.6 is 15.9 Å². The van der Waals surface area contributed by atoms with E-state index in [1.165, 1.54) is 0 Å². The van der Waals surface area contributed by atoms with E-state index in [0.717, 1.165) is 10.0 Å². The van der Waals surface area contributed by atoms with Gasteiger partial charge < -0.3 is 10.4 Å². The predicted molar refractivity (Wildman–Crippen MR) is 81.3 cm³/mol. The number of benzene rings is 1. The summed E-state index contributed by atoms with van der Waals surface area (Å²) in [5, 5.41) is 12.6. The van der Waals surface area contributed by atoms with E-state index in [1.807, 2.05) is 19.1 Å². The number of aliphatic hydroxyl groups excluding tert-OH is 1. The average Bonchev–Trinajstić information content (AvgIpc) is 2.27. The molecule has 0 spiro atoms. The number of carbonyl (C=O) groups is 1. The van der Waals surface area contributed by atoms with Crippen molar-refractivity contribution >= 4 is 21.8 Å². The van der Waals surface area contributed by atoms with Gasteiger partial charge in [0.15, 0.2) is 0 Å². The Morgan fingerprint density at radius 1 is 1.42 bits per heavy atom. The zero-order valence-electron chi connectivity index (χ0n) is 12.0. The smallest absolute Gasteiger partial charge is 0.251 e. The maximum absolute atomic E-state index is 11.9. The molecular weight excluding hydrogens is 306 g/mol. The van der Waals surface area contributed by atoms with Crippen molar-refractivity contribution in [2.75, 3.05) is 6.54 Å². The van der Waals surface area contributed by atoms with Gasteiger partial charge in [-0.05, 0) is 42.5 Å². The Balaban J connectivity index is 2.53. The third kappa shape index (κ3) is 5.74. The van der Waals surface area contributed by atoms with Crippen LogP contribution in [0.1, 0.15) is 43.1 Å². The molecule has 0 saturated heterocycles. The van der Waals surface area contributed by atoms with E-state index in [4.69, 9.17) is 0 Å². The third-order valence-corrected chi connectivity index (χ3v) is 3.66. The fraction of sp³-hybridized carbons (Fsp3) is 0.533. The van der Waals surface area contributed by atoms with Gasteiger partial charge >= 0.3 is 0 Å². The van der Waals surface area contributed by atoms with Gasteiger partial charge in [0.2, 0.25) is 0 Å². The molecule has 1 amide bonds. The van der Waals surface area contributed by atoms with Crippen LogP contribution in [0.3, 0.4) is 0 Å². The highest BCUT2D eigenvalue weighted by molar-refractivity contribution is 9.10. The molecule has 4 heteroatoms. The Hall–Kier alpha value is -0.870. The first-order chi connectivity index (χ1) is 8.69. The van der Waals surface area contributed by atoms with Crippen molar-refractivity contribution in [2.24, 2.45) is 5.41 Å². The molecule has 1 aromatic rings. The molecule has 2 N–H and O–H groups in total. The van der Waals surface area contributed by atoms with Crippen LogP contribution in [-0.2, 0) is 0 Å². The molecule has 0 saturated carbocycles. The highest BCUT2D eigenvalue weighted by Crippen LogP contribution is 2.20. The van der Waals surface area contributed by atoms with E-state index in [0.29, 0.717) is 12.0 Å². The Labute approximate surface area is 123 Å². The van der Waals surface area contributed by atoms with Gasteiger partial charge in [-0.3, -0.25) is 4.79 Å². The zero-order valence-corrected chi connectivity index (χ0v) is 13.5. The summed E-state index contributed by atoms with van der Waals surface area (Å²) in [4.78, 5) is 11.9. The van der Waals surface area contributed by atoms with Crippen molar-refractivity contribution in [2.45, 2.75) is 40.2 Å². The van der Waals surface area contributed by atoms with E-state index in [9.17, 15) is 9.90 Å². The van der Waals surface area contributed by atoms with E-state index < -0.39 is 6.10 Å². The third-order valence-electron chi connectivity index (χ3n) is 2.77. The van der Waals surface area contributed by atoms with E-state index >= 15 is 0 Å². The summed E-state index contributed by atoms with van der Waals surface area (Å²) >= 11 is 3.40. The van der Waals surface area contributed by atoms with Gasteiger partial charge in [-0.1, -0.05) is 36.7 Å². The van der Waals surface area contributed by atoms with Crippen molar-refractivity contribution in [3.63, 3.8) is 0 Å². The minimum Gasteiger partial charge on any atom is -0.391 e. The van der Waals surface area contributed by atoms with Gasteiger partial charge in [-0.15, -0.1) is 0 Å². The van der Waals surface area contributed by atoms with Gasteiger partial charge in [-0.2, -0.15) is 0 Å². The number of hydrogen-bond acceptors (Lipinski definition) is 2. The number of aliphatic hydroxyl groups is 1. The Kier molecular flexibility index (Phi) is 5.56. The quantitative estimate of drug-likeness (QED) is 0.891. The van der Waals surface area contributed by atoms with Gasteiger partial charge in [0.05, 0.1) is 6.10 Å². The lowest BCUT2D eigenvalue weighted by atomic mass is 9.89. The van der Waals surface area contributed by atoms with Crippen LogP contribution in [0, 0.1) is 12.3 Å². The molecular formula is C15H22BrNO2. The lowest BCUT2D eigenvalue weighted by molar-refractivity contribution is 0.0868. The topological polar surface area (TPSA) is 49.3 Å². The number of carbonyl (C=O) groups excluding carboxylic acids is 1. The van der Waals surface area contributed by atoms with Crippen LogP contribution in [0.4, 0.5) is 0 Å². The number of amides is 1. The predicted octanol–water partition coefficient (Wildman–Crippen LogP) is 3.28. The second kappa shape index (κ2) is 6.53. The molecule has 0 fully saturated rings. The van der Waals surface area contributed by atoms with Crippen molar-refractivity contribution in [3.8, 4) is 0 Å². The second-order valence-corrected chi connectivity index (χ2v) is 6.95. The number of rotatable bonds is 4. The van der Waals surface area contributed by atoms with Gasteiger partial charge in [0, 0.05) is 16.6 Å². The first-order valence-corrected chi connectivity index (χ1v) is 7.21. The number of aryl methyl sites for hydroxylation is 1. The van der Waals surface area contributed by atoms with Gasteiger partial charge in [-0.25, -0.2) is 0 Å². The van der Waals surface area contributed by atoms with Crippen LogP contribution in [0.5, 0.6) is 0 Å². The summed E-state index contributed by atoms with van der Waals surface area (Å²) in [5.41, 5.74) is 1.68. The zero-order chi connectivity index (χ0) is 14.6. The van der Waals surface area contributed by atoms with Crippen LogP contribution in [0.2, 0.25) is 0 Å². The van der Waals surface area contributed by atoms with Gasteiger partial charge in [0.1, 0.15) is 0 Å². The standard InChI is InChI=1S/C15H22BrNO2/c1-10-7-11(5-6-13(10)16)14(19)17-9-12(18)8-15(2,3)4/h5-7,12,18H,8-9H2,1-4H3,(H,17,19). The minimum absolute atomic E-state index is 0.0539. The molecule has 106 valence electrons. The summed E-state index contributed by atoms with van der Waals surface area (Å²) in [5.74, 6) is -0.149. The molecule has 19 heavy (non-hydrogen) atoms. The number of hydrogen-bond donors (Lipinski definition) is 2. The highest BCUT2D eigenvalue weighted by atomic mass is 79.9. The first-order valence-electron chi connectivity index (χ1n) is 6.41. The van der Waals surface area contributed by atoms with Gasteiger partial charge in [0.25, 0.3) is 5.91 Å². The fourth-order valence-corrected chi connectivity index (χ4v) is 2.12. The normalized spacial score (nSPS) is 13.2. The van der Waals surface area contributed by atoms with Crippen LogP contribution in [0.15, 0.2) is 22.7 Å². The monoisotopic (exact) mass is 327 g/mol. The maximum atomic E-state index is 11.9. The minimum atomic E-state index is -0.513. The van der Waals surface area contributed by atoms with Crippen molar-refractivity contribution in [1.82, 2.24) is 5.32 Å². The molecule has 0 heterocycles. The molecule has 0 aliphatic heterocycles. The van der Waals surface area contributed by atoms with E-state index in [1.54, 1.807) is 6.07 Å². The average molecular weight is 328 g/mol.